The second kappa shape index (κ2) is 8.28. The number of fused-ring (bicyclic) bond motifs is 1. The molecule has 0 spiro atoms. The summed E-state index contributed by atoms with van der Waals surface area (Å²) < 4.78 is 28.7. The number of benzene rings is 2. The maximum absolute atomic E-state index is 11.4. The van der Waals surface area contributed by atoms with E-state index in [1.165, 1.54) is 23.0 Å². The third-order valence-corrected chi connectivity index (χ3v) is 5.73. The van der Waals surface area contributed by atoms with Crippen molar-refractivity contribution in [1.82, 2.24) is 9.97 Å². The van der Waals surface area contributed by atoms with Gasteiger partial charge >= 0.3 is 0 Å². The monoisotopic (exact) mass is 421 g/mol. The van der Waals surface area contributed by atoms with Gasteiger partial charge in [0.2, 0.25) is 11.8 Å². The summed E-state index contributed by atoms with van der Waals surface area (Å²) in [5.74, 6) is 1.70. The minimum absolute atomic E-state index is 0.117. The van der Waals surface area contributed by atoms with Gasteiger partial charge in [-0.2, -0.15) is 4.98 Å². The Morgan fingerprint density at radius 2 is 2.00 bits per heavy atom. The summed E-state index contributed by atoms with van der Waals surface area (Å²) in [7, 11) is -3.00. The average molecular weight is 422 g/mol. The van der Waals surface area contributed by atoms with Crippen LogP contribution < -0.4 is 10.1 Å². The van der Waals surface area contributed by atoms with E-state index in [1.54, 1.807) is 12.3 Å². The van der Waals surface area contributed by atoms with Crippen LogP contribution in [-0.4, -0.2) is 30.4 Å². The van der Waals surface area contributed by atoms with Crippen LogP contribution >= 0.6 is 0 Å². The maximum Gasteiger partial charge on any atom is 0.230 e. The second-order valence-corrected chi connectivity index (χ2v) is 9.81. The van der Waals surface area contributed by atoms with Gasteiger partial charge in [0.15, 0.2) is 0 Å². The van der Waals surface area contributed by atoms with Gasteiger partial charge in [-0.05, 0) is 60.7 Å². The van der Waals surface area contributed by atoms with E-state index in [-0.39, 0.29) is 5.75 Å². The van der Waals surface area contributed by atoms with Gasteiger partial charge in [0.25, 0.3) is 0 Å². The lowest BCUT2D eigenvalue weighted by Gasteiger charge is -2.10. The summed E-state index contributed by atoms with van der Waals surface area (Å²) in [6, 6.07) is 15.3. The molecule has 0 fully saturated rings. The Hall–Kier alpha value is -3.19. The van der Waals surface area contributed by atoms with E-state index < -0.39 is 9.84 Å². The first-order valence-corrected chi connectivity index (χ1v) is 11.7. The standard InChI is InChI=1S/C23H23N3O3S/c1-16-12-18-6-7-21(15-19(18)13-16)29-22-8-10-24-23(26-22)25-20-5-3-4-17(14-20)9-11-30(2,27)28/h3-8,10,13-15H,9,11-12H2,1-2H3,(H,24,25,26). The van der Waals surface area contributed by atoms with Crippen molar-refractivity contribution in [3.05, 3.63) is 77.0 Å². The van der Waals surface area contributed by atoms with Crippen molar-refractivity contribution in [1.29, 1.82) is 0 Å². The Morgan fingerprint density at radius 3 is 2.83 bits per heavy atom. The molecule has 6 nitrogen and oxygen atoms in total. The van der Waals surface area contributed by atoms with Crippen LogP contribution in [0.2, 0.25) is 0 Å². The molecule has 0 bridgehead atoms. The van der Waals surface area contributed by atoms with Crippen molar-refractivity contribution in [3.63, 3.8) is 0 Å². The Bertz CT molecular complexity index is 1220. The first-order chi connectivity index (χ1) is 14.3. The lowest BCUT2D eigenvalue weighted by atomic mass is 10.1. The molecule has 0 amide bonds. The molecule has 0 aliphatic heterocycles. The smallest absolute Gasteiger partial charge is 0.230 e. The predicted molar refractivity (Wildman–Crippen MR) is 119 cm³/mol. The number of aromatic nitrogens is 2. The molecule has 1 aromatic heterocycles. The number of rotatable bonds is 7. The molecule has 30 heavy (non-hydrogen) atoms. The Kier molecular flexibility index (Phi) is 5.55. The van der Waals surface area contributed by atoms with E-state index in [4.69, 9.17) is 4.74 Å². The number of allylic oxidation sites excluding steroid dienone is 1. The van der Waals surface area contributed by atoms with Crippen LogP contribution in [0.15, 0.2) is 60.3 Å². The number of nitrogens with zero attached hydrogens (tertiary/aromatic N) is 2. The SMILES string of the molecule is CC1=Cc2cc(Oc3ccnc(Nc4cccc(CCS(C)(=O)=O)c4)n3)ccc2C1. The van der Waals surface area contributed by atoms with Gasteiger partial charge in [0.05, 0.1) is 5.75 Å². The summed E-state index contributed by atoms with van der Waals surface area (Å²) in [5.41, 5.74) is 5.55. The molecule has 4 rings (SSSR count). The van der Waals surface area contributed by atoms with E-state index in [0.717, 1.165) is 23.4 Å². The fourth-order valence-corrected chi connectivity index (χ4v) is 3.97. The zero-order valence-corrected chi connectivity index (χ0v) is 17.7. The molecular formula is C23H23N3O3S. The number of nitrogens with one attached hydrogen (secondary N) is 1. The Morgan fingerprint density at radius 1 is 1.13 bits per heavy atom. The van der Waals surface area contributed by atoms with Crippen molar-refractivity contribution in [2.24, 2.45) is 0 Å². The molecule has 3 aromatic rings. The van der Waals surface area contributed by atoms with Gasteiger partial charge in [-0.1, -0.05) is 29.8 Å². The number of anilines is 2. The molecule has 154 valence electrons. The summed E-state index contributed by atoms with van der Waals surface area (Å²) in [5, 5.41) is 3.15. The molecule has 7 heteroatoms. The molecule has 0 radical (unpaired) electrons. The average Bonchev–Trinajstić information content (AvgIpc) is 3.06. The molecule has 1 aliphatic carbocycles. The van der Waals surface area contributed by atoms with E-state index in [2.05, 4.69) is 34.4 Å². The highest BCUT2D eigenvalue weighted by molar-refractivity contribution is 7.90. The first-order valence-electron chi connectivity index (χ1n) is 9.69. The van der Waals surface area contributed by atoms with E-state index in [9.17, 15) is 8.42 Å². The maximum atomic E-state index is 11.4. The summed E-state index contributed by atoms with van der Waals surface area (Å²) >= 11 is 0. The van der Waals surface area contributed by atoms with Crippen LogP contribution in [0.1, 0.15) is 23.6 Å². The predicted octanol–water partition coefficient (Wildman–Crippen LogP) is 4.56. The summed E-state index contributed by atoms with van der Waals surface area (Å²) in [4.78, 5) is 8.68. The molecule has 0 unspecified atom stereocenters. The highest BCUT2D eigenvalue weighted by atomic mass is 32.2. The van der Waals surface area contributed by atoms with Crippen molar-refractivity contribution in [3.8, 4) is 11.6 Å². The summed E-state index contributed by atoms with van der Waals surface area (Å²) in [6.45, 7) is 2.12. The zero-order chi connectivity index (χ0) is 21.1. The third kappa shape index (κ3) is 5.24. The van der Waals surface area contributed by atoms with Gasteiger partial charge in [-0.3, -0.25) is 0 Å². The molecule has 0 atom stereocenters. The number of ether oxygens (including phenoxy) is 1. The highest BCUT2D eigenvalue weighted by Crippen LogP contribution is 2.30. The van der Waals surface area contributed by atoms with E-state index in [1.807, 2.05) is 36.4 Å². The van der Waals surface area contributed by atoms with Gasteiger partial charge < -0.3 is 10.1 Å². The van der Waals surface area contributed by atoms with Crippen molar-refractivity contribution < 1.29 is 13.2 Å². The van der Waals surface area contributed by atoms with Gasteiger partial charge in [0.1, 0.15) is 15.6 Å². The lowest BCUT2D eigenvalue weighted by Crippen LogP contribution is -2.06. The lowest BCUT2D eigenvalue weighted by molar-refractivity contribution is 0.462. The topological polar surface area (TPSA) is 81.2 Å². The second-order valence-electron chi connectivity index (χ2n) is 7.55. The van der Waals surface area contributed by atoms with Crippen LogP contribution in [0.4, 0.5) is 11.6 Å². The number of hydrogen-bond donors (Lipinski definition) is 1. The van der Waals surface area contributed by atoms with Crippen molar-refractivity contribution >= 4 is 27.5 Å². The van der Waals surface area contributed by atoms with E-state index >= 15 is 0 Å². The van der Waals surface area contributed by atoms with Gasteiger partial charge in [-0.15, -0.1) is 0 Å². The number of hydrogen-bond acceptors (Lipinski definition) is 6. The minimum Gasteiger partial charge on any atom is -0.439 e. The van der Waals surface area contributed by atoms with Crippen LogP contribution in [-0.2, 0) is 22.7 Å². The molecule has 1 N–H and O–H groups in total. The fourth-order valence-electron chi connectivity index (χ4n) is 3.37. The molecule has 1 heterocycles. The number of sulfone groups is 1. The quantitative estimate of drug-likeness (QED) is 0.602. The fraction of sp³-hybridized carbons (Fsp3) is 0.217. The number of aryl methyl sites for hydroxylation is 1. The van der Waals surface area contributed by atoms with E-state index in [0.29, 0.717) is 18.2 Å². The largest absolute Gasteiger partial charge is 0.439 e. The molecule has 0 saturated carbocycles. The van der Waals surface area contributed by atoms with Crippen LogP contribution in [0.3, 0.4) is 0 Å². The zero-order valence-electron chi connectivity index (χ0n) is 16.9. The van der Waals surface area contributed by atoms with Gasteiger partial charge in [0, 0.05) is 24.2 Å². The van der Waals surface area contributed by atoms with Crippen LogP contribution in [0.5, 0.6) is 11.6 Å². The Balaban J connectivity index is 1.46. The summed E-state index contributed by atoms with van der Waals surface area (Å²) in [6.07, 6.45) is 6.50. The van der Waals surface area contributed by atoms with Crippen molar-refractivity contribution in [2.75, 3.05) is 17.3 Å². The molecule has 1 aliphatic rings. The van der Waals surface area contributed by atoms with Crippen molar-refractivity contribution in [2.45, 2.75) is 19.8 Å². The first kappa shape index (κ1) is 20.1. The molecule has 0 saturated heterocycles. The van der Waals surface area contributed by atoms with Crippen LogP contribution in [0.25, 0.3) is 6.08 Å². The van der Waals surface area contributed by atoms with Crippen LogP contribution in [0, 0.1) is 0 Å². The molecular weight excluding hydrogens is 398 g/mol. The highest BCUT2D eigenvalue weighted by Gasteiger charge is 2.11. The normalized spacial score (nSPS) is 12.9. The Labute approximate surface area is 176 Å². The molecule has 2 aromatic carbocycles. The minimum atomic E-state index is -3.00. The third-order valence-electron chi connectivity index (χ3n) is 4.79. The van der Waals surface area contributed by atoms with Gasteiger partial charge in [-0.25, -0.2) is 13.4 Å².